The molecule has 0 spiro atoms. The molecule has 0 saturated carbocycles. The number of nitrogens with zero attached hydrogens (tertiary/aromatic N) is 3. The normalized spacial score (nSPS) is 10.2. The van der Waals surface area contributed by atoms with Crippen molar-refractivity contribution in [3.63, 3.8) is 0 Å². The van der Waals surface area contributed by atoms with E-state index in [2.05, 4.69) is 22.4 Å². The minimum Gasteiger partial charge on any atom is -0.373 e. The third kappa shape index (κ3) is 3.92. The zero-order valence-electron chi connectivity index (χ0n) is 12.1. The molecule has 0 unspecified atom stereocenters. The Bertz CT molecular complexity index is 616. The van der Waals surface area contributed by atoms with Crippen molar-refractivity contribution < 1.29 is 4.92 Å². The molecule has 6 nitrogen and oxygen atoms in total. The van der Waals surface area contributed by atoms with Crippen molar-refractivity contribution in [3.8, 4) is 0 Å². The fraction of sp³-hybridized carbons (Fsp3) is 0.267. The molecule has 0 aliphatic heterocycles. The lowest BCUT2D eigenvalue weighted by Crippen LogP contribution is -2.21. The predicted octanol–water partition coefficient (Wildman–Crippen LogP) is 2.71. The number of nitrogens with one attached hydrogen (secondary N) is 1. The molecular formula is C15H18N4O2. The van der Waals surface area contributed by atoms with Gasteiger partial charge in [-0.3, -0.25) is 10.1 Å². The second kappa shape index (κ2) is 6.69. The number of hydrogen-bond donors (Lipinski definition) is 1. The van der Waals surface area contributed by atoms with Gasteiger partial charge >= 0.3 is 0 Å². The standard InChI is InChI=1S/C15H18N4O2/c1-16-14-10-13(19(20)21)11-15(17-14)18(2)9-8-12-6-4-3-5-7-12/h3-7,10-11H,8-9H2,1-2H3,(H,16,17). The number of nitro groups is 1. The quantitative estimate of drug-likeness (QED) is 0.653. The first-order chi connectivity index (χ1) is 10.1. The molecular weight excluding hydrogens is 268 g/mol. The molecule has 1 heterocycles. The van der Waals surface area contributed by atoms with Gasteiger partial charge in [0.25, 0.3) is 5.69 Å². The summed E-state index contributed by atoms with van der Waals surface area (Å²) < 4.78 is 0. The minimum absolute atomic E-state index is 0.0379. The lowest BCUT2D eigenvalue weighted by Gasteiger charge is -2.18. The monoisotopic (exact) mass is 286 g/mol. The van der Waals surface area contributed by atoms with Gasteiger partial charge in [0.05, 0.1) is 17.1 Å². The number of rotatable bonds is 6. The Morgan fingerprint density at radius 2 is 2.00 bits per heavy atom. The van der Waals surface area contributed by atoms with Crippen molar-refractivity contribution in [3.05, 3.63) is 58.1 Å². The van der Waals surface area contributed by atoms with Gasteiger partial charge in [-0.2, -0.15) is 0 Å². The highest BCUT2D eigenvalue weighted by molar-refractivity contribution is 5.55. The molecule has 2 aromatic rings. The van der Waals surface area contributed by atoms with E-state index in [0.717, 1.165) is 13.0 Å². The van der Waals surface area contributed by atoms with Crippen LogP contribution in [0.4, 0.5) is 17.3 Å². The summed E-state index contributed by atoms with van der Waals surface area (Å²) in [5.74, 6) is 1.08. The van der Waals surface area contributed by atoms with Gasteiger partial charge in [0, 0.05) is 20.6 Å². The molecule has 0 aliphatic rings. The Kier molecular flexibility index (Phi) is 4.71. The molecule has 0 amide bonds. The first-order valence-corrected chi connectivity index (χ1v) is 6.69. The predicted molar refractivity (Wildman–Crippen MR) is 83.9 cm³/mol. The van der Waals surface area contributed by atoms with Crippen LogP contribution in [0.15, 0.2) is 42.5 Å². The summed E-state index contributed by atoms with van der Waals surface area (Å²) in [4.78, 5) is 16.8. The molecule has 2 rings (SSSR count). The lowest BCUT2D eigenvalue weighted by atomic mass is 10.1. The molecule has 0 aliphatic carbocycles. The SMILES string of the molecule is CNc1cc([N+](=O)[O-])cc(N(C)CCc2ccccc2)n1. The van der Waals surface area contributed by atoms with Crippen LogP contribution in [-0.4, -0.2) is 30.5 Å². The Morgan fingerprint density at radius 3 is 2.62 bits per heavy atom. The van der Waals surface area contributed by atoms with Gasteiger partial charge in [0.2, 0.25) is 0 Å². The molecule has 1 aromatic carbocycles. The van der Waals surface area contributed by atoms with Crippen molar-refractivity contribution in [1.82, 2.24) is 4.98 Å². The molecule has 6 heteroatoms. The van der Waals surface area contributed by atoms with E-state index in [1.807, 2.05) is 30.1 Å². The highest BCUT2D eigenvalue weighted by atomic mass is 16.6. The lowest BCUT2D eigenvalue weighted by molar-refractivity contribution is -0.384. The highest BCUT2D eigenvalue weighted by Gasteiger charge is 2.13. The first-order valence-electron chi connectivity index (χ1n) is 6.69. The highest BCUT2D eigenvalue weighted by Crippen LogP contribution is 2.22. The molecule has 0 saturated heterocycles. The number of likely N-dealkylation sites (N-methyl/N-ethyl adjacent to an activating group) is 1. The second-order valence-corrected chi connectivity index (χ2v) is 4.73. The third-order valence-corrected chi connectivity index (χ3v) is 3.23. The third-order valence-electron chi connectivity index (χ3n) is 3.23. The Balaban J connectivity index is 2.12. The van der Waals surface area contributed by atoms with Gasteiger partial charge in [0.15, 0.2) is 0 Å². The average Bonchev–Trinajstić information content (AvgIpc) is 2.53. The van der Waals surface area contributed by atoms with Crippen molar-refractivity contribution in [2.24, 2.45) is 0 Å². The number of benzene rings is 1. The maximum absolute atomic E-state index is 11.0. The summed E-state index contributed by atoms with van der Waals surface area (Å²) in [7, 11) is 3.58. The number of anilines is 2. The van der Waals surface area contributed by atoms with E-state index in [4.69, 9.17) is 0 Å². The second-order valence-electron chi connectivity index (χ2n) is 4.73. The van der Waals surface area contributed by atoms with Crippen molar-refractivity contribution >= 4 is 17.3 Å². The minimum atomic E-state index is -0.406. The van der Waals surface area contributed by atoms with Crippen LogP contribution in [-0.2, 0) is 6.42 Å². The van der Waals surface area contributed by atoms with Crippen LogP contribution in [0.3, 0.4) is 0 Å². The van der Waals surface area contributed by atoms with Gasteiger partial charge < -0.3 is 10.2 Å². The molecule has 1 aromatic heterocycles. The smallest absolute Gasteiger partial charge is 0.276 e. The van der Waals surface area contributed by atoms with E-state index in [0.29, 0.717) is 11.6 Å². The molecule has 0 atom stereocenters. The molecule has 1 N–H and O–H groups in total. The largest absolute Gasteiger partial charge is 0.373 e. The van der Waals surface area contributed by atoms with Crippen LogP contribution < -0.4 is 10.2 Å². The van der Waals surface area contributed by atoms with Gasteiger partial charge in [-0.25, -0.2) is 4.98 Å². The summed E-state index contributed by atoms with van der Waals surface area (Å²) in [5.41, 5.74) is 1.26. The van der Waals surface area contributed by atoms with Crippen LogP contribution in [0.25, 0.3) is 0 Å². The Labute approximate surface area is 123 Å². The maximum atomic E-state index is 11.0. The van der Waals surface area contributed by atoms with E-state index in [-0.39, 0.29) is 5.69 Å². The van der Waals surface area contributed by atoms with E-state index in [9.17, 15) is 10.1 Å². The van der Waals surface area contributed by atoms with Crippen LogP contribution >= 0.6 is 0 Å². The number of hydrogen-bond acceptors (Lipinski definition) is 5. The van der Waals surface area contributed by atoms with Crippen LogP contribution in [0, 0.1) is 10.1 Å². The summed E-state index contributed by atoms with van der Waals surface area (Å²) >= 11 is 0. The number of aromatic nitrogens is 1. The van der Waals surface area contributed by atoms with Crippen LogP contribution in [0.5, 0.6) is 0 Å². The van der Waals surface area contributed by atoms with E-state index >= 15 is 0 Å². The van der Waals surface area contributed by atoms with E-state index in [1.54, 1.807) is 7.05 Å². The fourth-order valence-corrected chi connectivity index (χ4v) is 1.99. The van der Waals surface area contributed by atoms with Gasteiger partial charge in [0.1, 0.15) is 11.6 Å². The van der Waals surface area contributed by atoms with E-state index < -0.39 is 4.92 Å². The molecule has 0 fully saturated rings. The first kappa shape index (κ1) is 14.8. The van der Waals surface area contributed by atoms with Gasteiger partial charge in [-0.05, 0) is 12.0 Å². The number of pyridine rings is 1. The fourth-order valence-electron chi connectivity index (χ4n) is 1.99. The van der Waals surface area contributed by atoms with Crippen LogP contribution in [0.1, 0.15) is 5.56 Å². The van der Waals surface area contributed by atoms with Gasteiger partial charge in [-0.15, -0.1) is 0 Å². The maximum Gasteiger partial charge on any atom is 0.276 e. The molecule has 110 valence electrons. The van der Waals surface area contributed by atoms with Crippen LogP contribution in [0.2, 0.25) is 0 Å². The van der Waals surface area contributed by atoms with Crippen molar-refractivity contribution in [1.29, 1.82) is 0 Å². The summed E-state index contributed by atoms with van der Waals surface area (Å²) in [6.45, 7) is 0.737. The molecule has 0 bridgehead atoms. The average molecular weight is 286 g/mol. The van der Waals surface area contributed by atoms with E-state index in [1.165, 1.54) is 17.7 Å². The molecule has 0 radical (unpaired) electrons. The van der Waals surface area contributed by atoms with Crippen molar-refractivity contribution in [2.45, 2.75) is 6.42 Å². The summed E-state index contributed by atoms with van der Waals surface area (Å²) in [6, 6.07) is 13.0. The Morgan fingerprint density at radius 1 is 1.29 bits per heavy atom. The summed E-state index contributed by atoms with van der Waals surface area (Å²) in [6.07, 6.45) is 0.858. The van der Waals surface area contributed by atoms with Crippen molar-refractivity contribution in [2.75, 3.05) is 30.9 Å². The molecule has 21 heavy (non-hydrogen) atoms. The Hall–Kier alpha value is -2.63. The topological polar surface area (TPSA) is 71.3 Å². The van der Waals surface area contributed by atoms with Gasteiger partial charge in [-0.1, -0.05) is 30.3 Å². The zero-order chi connectivity index (χ0) is 15.2. The zero-order valence-corrected chi connectivity index (χ0v) is 12.1. The summed E-state index contributed by atoms with van der Waals surface area (Å²) in [5, 5.41) is 13.8.